The van der Waals surface area contributed by atoms with Crippen LogP contribution in [0.5, 0.6) is 5.75 Å². The van der Waals surface area contributed by atoms with Crippen LogP contribution in [-0.4, -0.2) is 26.5 Å². The van der Waals surface area contributed by atoms with E-state index >= 15 is 0 Å². The molecular formula is C20H22F3N3O. The van der Waals surface area contributed by atoms with Gasteiger partial charge in [-0.15, -0.1) is 13.2 Å². The topological polar surface area (TPSA) is 48.3 Å². The molecule has 7 heteroatoms. The average Bonchev–Trinajstić information content (AvgIpc) is 2.64. The van der Waals surface area contributed by atoms with Gasteiger partial charge in [-0.3, -0.25) is 0 Å². The van der Waals surface area contributed by atoms with Gasteiger partial charge < -0.3 is 15.0 Å². The Hall–Kier alpha value is -2.72. The quantitative estimate of drug-likeness (QED) is 0.663. The summed E-state index contributed by atoms with van der Waals surface area (Å²) in [5, 5.41) is 11.9. The highest BCUT2D eigenvalue weighted by molar-refractivity contribution is 5.46. The van der Waals surface area contributed by atoms with Crippen LogP contribution in [0.25, 0.3) is 0 Å². The molecule has 2 rings (SSSR count). The first-order valence-corrected chi connectivity index (χ1v) is 8.60. The largest absolute Gasteiger partial charge is 0.573 e. The van der Waals surface area contributed by atoms with Crippen molar-refractivity contribution in [2.75, 3.05) is 25.0 Å². The predicted octanol–water partition coefficient (Wildman–Crippen LogP) is 4.27. The fraction of sp³-hybridized carbons (Fsp3) is 0.350. The Bertz CT molecular complexity index is 737. The molecule has 0 atom stereocenters. The van der Waals surface area contributed by atoms with Crippen molar-refractivity contribution >= 4 is 5.69 Å². The number of alkyl halides is 3. The molecule has 2 aromatic rings. The number of nitrogens with zero attached hydrogens (tertiary/aromatic N) is 2. The number of hydrogen-bond acceptors (Lipinski definition) is 4. The highest BCUT2D eigenvalue weighted by atomic mass is 19.4. The highest BCUT2D eigenvalue weighted by Crippen LogP contribution is 2.22. The van der Waals surface area contributed by atoms with Gasteiger partial charge in [-0.25, -0.2) is 0 Å². The average molecular weight is 377 g/mol. The second-order valence-corrected chi connectivity index (χ2v) is 6.11. The van der Waals surface area contributed by atoms with E-state index in [0.717, 1.165) is 16.8 Å². The van der Waals surface area contributed by atoms with Gasteiger partial charge in [-0.2, -0.15) is 5.26 Å². The zero-order valence-corrected chi connectivity index (χ0v) is 15.1. The lowest BCUT2D eigenvalue weighted by molar-refractivity contribution is -0.274. The molecule has 0 bridgehead atoms. The van der Waals surface area contributed by atoms with Crippen molar-refractivity contribution in [3.63, 3.8) is 0 Å². The molecule has 0 radical (unpaired) electrons. The Kier molecular flexibility index (Phi) is 7.50. The van der Waals surface area contributed by atoms with Crippen molar-refractivity contribution < 1.29 is 17.9 Å². The lowest BCUT2D eigenvalue weighted by atomic mass is 10.1. The maximum Gasteiger partial charge on any atom is 0.573 e. The molecule has 0 aliphatic heterocycles. The SMILES string of the molecule is CN(CCC#N)c1ccc(CNCCc2ccc(OC(F)(F)F)cc2)cc1. The maximum absolute atomic E-state index is 12.1. The van der Waals surface area contributed by atoms with E-state index in [-0.39, 0.29) is 5.75 Å². The summed E-state index contributed by atoms with van der Waals surface area (Å²) < 4.78 is 40.2. The van der Waals surface area contributed by atoms with Crippen LogP contribution >= 0.6 is 0 Å². The van der Waals surface area contributed by atoms with Gasteiger partial charge >= 0.3 is 6.36 Å². The maximum atomic E-state index is 12.1. The summed E-state index contributed by atoms with van der Waals surface area (Å²) in [6.45, 7) is 2.11. The number of nitriles is 1. The Morgan fingerprint density at radius 3 is 2.26 bits per heavy atom. The third kappa shape index (κ3) is 7.59. The van der Waals surface area contributed by atoms with Gasteiger partial charge in [-0.1, -0.05) is 24.3 Å². The molecule has 4 nitrogen and oxygen atoms in total. The molecule has 2 aromatic carbocycles. The van der Waals surface area contributed by atoms with Crippen molar-refractivity contribution in [2.45, 2.75) is 25.7 Å². The molecule has 0 amide bonds. The fourth-order valence-electron chi connectivity index (χ4n) is 2.54. The first-order chi connectivity index (χ1) is 12.9. The van der Waals surface area contributed by atoms with E-state index in [9.17, 15) is 13.2 Å². The standard InChI is InChI=1S/C20H22F3N3O/c1-26(14-2-12-24)18-7-3-17(4-8-18)15-25-13-11-16-5-9-19(10-6-16)27-20(21,22)23/h3-10,25H,2,11,13-15H2,1H3. The number of anilines is 1. The second kappa shape index (κ2) is 9.83. The van der Waals surface area contributed by atoms with E-state index in [1.54, 1.807) is 12.1 Å². The molecule has 0 unspecified atom stereocenters. The minimum absolute atomic E-state index is 0.209. The normalized spacial score (nSPS) is 11.1. The van der Waals surface area contributed by atoms with Crippen LogP contribution in [0.2, 0.25) is 0 Å². The summed E-state index contributed by atoms with van der Waals surface area (Å²) in [6.07, 6.45) is -3.46. The third-order valence-electron chi connectivity index (χ3n) is 4.01. The van der Waals surface area contributed by atoms with E-state index in [4.69, 9.17) is 5.26 Å². The zero-order chi connectivity index (χ0) is 19.7. The van der Waals surface area contributed by atoms with Crippen LogP contribution in [-0.2, 0) is 13.0 Å². The van der Waals surface area contributed by atoms with Gasteiger partial charge in [-0.05, 0) is 48.4 Å². The van der Waals surface area contributed by atoms with Crippen LogP contribution in [0.3, 0.4) is 0 Å². The van der Waals surface area contributed by atoms with Crippen LogP contribution in [0.15, 0.2) is 48.5 Å². The zero-order valence-electron chi connectivity index (χ0n) is 15.1. The predicted molar refractivity (Wildman–Crippen MR) is 98.5 cm³/mol. The van der Waals surface area contributed by atoms with E-state index in [1.165, 1.54) is 12.1 Å². The summed E-state index contributed by atoms with van der Waals surface area (Å²) in [7, 11) is 1.95. The summed E-state index contributed by atoms with van der Waals surface area (Å²) >= 11 is 0. The van der Waals surface area contributed by atoms with Crippen molar-refractivity contribution in [2.24, 2.45) is 0 Å². The molecule has 0 aliphatic carbocycles. The molecule has 0 saturated heterocycles. The summed E-state index contributed by atoms with van der Waals surface area (Å²) in [4.78, 5) is 2.03. The molecule has 0 saturated carbocycles. The minimum atomic E-state index is -4.66. The summed E-state index contributed by atoms with van der Waals surface area (Å²) in [5.41, 5.74) is 3.14. The number of halogens is 3. The Balaban J connectivity index is 1.73. The molecule has 0 fully saturated rings. The number of ether oxygens (including phenoxy) is 1. The van der Waals surface area contributed by atoms with Gasteiger partial charge in [0.05, 0.1) is 12.5 Å². The van der Waals surface area contributed by atoms with E-state index in [0.29, 0.717) is 32.5 Å². The van der Waals surface area contributed by atoms with Gasteiger partial charge in [0.25, 0.3) is 0 Å². The van der Waals surface area contributed by atoms with Crippen LogP contribution in [0.4, 0.5) is 18.9 Å². The number of hydrogen-bond donors (Lipinski definition) is 1. The third-order valence-corrected chi connectivity index (χ3v) is 4.01. The van der Waals surface area contributed by atoms with E-state index < -0.39 is 6.36 Å². The second-order valence-electron chi connectivity index (χ2n) is 6.11. The van der Waals surface area contributed by atoms with Crippen molar-refractivity contribution in [3.05, 3.63) is 59.7 Å². The number of benzene rings is 2. The number of rotatable bonds is 9. The lowest BCUT2D eigenvalue weighted by Gasteiger charge is -2.18. The molecule has 144 valence electrons. The molecule has 0 spiro atoms. The van der Waals surface area contributed by atoms with Gasteiger partial charge in [0, 0.05) is 25.8 Å². The first-order valence-electron chi connectivity index (χ1n) is 8.60. The minimum Gasteiger partial charge on any atom is -0.406 e. The summed E-state index contributed by atoms with van der Waals surface area (Å²) in [5.74, 6) is -0.209. The Morgan fingerprint density at radius 1 is 1.04 bits per heavy atom. The van der Waals surface area contributed by atoms with Gasteiger partial charge in [0.1, 0.15) is 5.75 Å². The number of nitrogens with one attached hydrogen (secondary N) is 1. The van der Waals surface area contributed by atoms with Crippen molar-refractivity contribution in [1.82, 2.24) is 5.32 Å². The molecule has 0 aromatic heterocycles. The molecule has 0 aliphatic rings. The molecule has 1 N–H and O–H groups in total. The van der Waals surface area contributed by atoms with Crippen LogP contribution < -0.4 is 15.0 Å². The lowest BCUT2D eigenvalue weighted by Crippen LogP contribution is -2.19. The molecular weight excluding hydrogens is 355 g/mol. The van der Waals surface area contributed by atoms with Crippen LogP contribution in [0.1, 0.15) is 17.5 Å². The van der Waals surface area contributed by atoms with E-state index in [2.05, 4.69) is 16.1 Å². The monoisotopic (exact) mass is 377 g/mol. The highest BCUT2D eigenvalue weighted by Gasteiger charge is 2.30. The fourth-order valence-corrected chi connectivity index (χ4v) is 2.54. The molecule has 27 heavy (non-hydrogen) atoms. The first kappa shape index (κ1) is 20.6. The van der Waals surface area contributed by atoms with Crippen molar-refractivity contribution in [1.29, 1.82) is 5.26 Å². The van der Waals surface area contributed by atoms with E-state index in [1.807, 2.05) is 36.2 Å². The Labute approximate surface area is 157 Å². The van der Waals surface area contributed by atoms with Gasteiger partial charge in [0.15, 0.2) is 0 Å². The molecule has 0 heterocycles. The summed E-state index contributed by atoms with van der Waals surface area (Å²) in [6, 6.07) is 16.2. The smallest absolute Gasteiger partial charge is 0.406 e. The van der Waals surface area contributed by atoms with Crippen molar-refractivity contribution in [3.8, 4) is 11.8 Å². The van der Waals surface area contributed by atoms with Gasteiger partial charge in [0.2, 0.25) is 0 Å². The Morgan fingerprint density at radius 2 is 1.67 bits per heavy atom. The van der Waals surface area contributed by atoms with Crippen LogP contribution in [0, 0.1) is 11.3 Å².